The Morgan fingerprint density at radius 3 is 2.35 bits per heavy atom. The van der Waals surface area contributed by atoms with Crippen molar-refractivity contribution < 1.29 is 23.9 Å². The van der Waals surface area contributed by atoms with Gasteiger partial charge in [0.2, 0.25) is 0 Å². The third-order valence-corrected chi connectivity index (χ3v) is 4.63. The fourth-order valence-corrected chi connectivity index (χ4v) is 3.04. The van der Waals surface area contributed by atoms with E-state index in [0.29, 0.717) is 17.1 Å². The average Bonchev–Trinajstić information content (AvgIpc) is 2.74. The van der Waals surface area contributed by atoms with E-state index >= 15 is 0 Å². The second-order valence-corrected chi connectivity index (χ2v) is 7.14. The van der Waals surface area contributed by atoms with E-state index in [-0.39, 0.29) is 23.2 Å². The zero-order valence-electron chi connectivity index (χ0n) is 16.2. The first-order chi connectivity index (χ1) is 14.8. The molecule has 2 amide bonds. The van der Waals surface area contributed by atoms with Crippen molar-refractivity contribution in [2.45, 2.75) is 12.8 Å². The molecule has 3 aromatic carbocycles. The number of halogens is 2. The van der Waals surface area contributed by atoms with Crippen molar-refractivity contribution >= 4 is 40.8 Å². The number of nitrogens with one attached hydrogen (secondary N) is 2. The molecule has 0 bridgehead atoms. The second kappa shape index (κ2) is 9.86. The van der Waals surface area contributed by atoms with Crippen LogP contribution in [0.5, 0.6) is 0 Å². The monoisotopic (exact) mass is 440 g/mol. The van der Waals surface area contributed by atoms with E-state index in [0.717, 1.165) is 5.56 Å². The van der Waals surface area contributed by atoms with Gasteiger partial charge in [0.05, 0.1) is 11.3 Å². The number of carboxylic acid groups (broad SMARTS) is 1. The van der Waals surface area contributed by atoms with Crippen molar-refractivity contribution in [2.24, 2.45) is 0 Å². The molecule has 0 aliphatic carbocycles. The quantitative estimate of drug-likeness (QED) is 0.481. The third-order valence-electron chi connectivity index (χ3n) is 4.39. The Labute approximate surface area is 182 Å². The molecule has 0 fully saturated rings. The highest BCUT2D eigenvalue weighted by Gasteiger charge is 2.16. The van der Waals surface area contributed by atoms with Gasteiger partial charge in [-0.15, -0.1) is 0 Å². The van der Waals surface area contributed by atoms with Gasteiger partial charge in [0.25, 0.3) is 11.8 Å². The second-order valence-electron chi connectivity index (χ2n) is 6.70. The van der Waals surface area contributed by atoms with E-state index in [1.807, 2.05) is 0 Å². The highest BCUT2D eigenvalue weighted by molar-refractivity contribution is 6.31. The lowest BCUT2D eigenvalue weighted by atomic mass is 10.1. The number of anilines is 2. The number of benzene rings is 3. The van der Waals surface area contributed by atoms with Gasteiger partial charge in [-0.05, 0) is 66.6 Å². The Morgan fingerprint density at radius 1 is 0.903 bits per heavy atom. The molecule has 3 N–H and O–H groups in total. The summed E-state index contributed by atoms with van der Waals surface area (Å²) in [4.78, 5) is 36.1. The van der Waals surface area contributed by atoms with Crippen molar-refractivity contribution in [1.82, 2.24) is 0 Å². The summed E-state index contributed by atoms with van der Waals surface area (Å²) in [5.41, 5.74) is 1.84. The van der Waals surface area contributed by atoms with Gasteiger partial charge in [0, 0.05) is 22.7 Å². The average molecular weight is 441 g/mol. The summed E-state index contributed by atoms with van der Waals surface area (Å²) in [6, 6.07) is 16.3. The van der Waals surface area contributed by atoms with Crippen molar-refractivity contribution in [3.63, 3.8) is 0 Å². The topological polar surface area (TPSA) is 95.5 Å². The van der Waals surface area contributed by atoms with E-state index in [1.165, 1.54) is 42.5 Å². The van der Waals surface area contributed by atoms with Crippen LogP contribution in [0.2, 0.25) is 5.02 Å². The molecule has 0 spiro atoms. The minimum absolute atomic E-state index is 0.0226. The maximum absolute atomic E-state index is 13.1. The molecule has 0 atom stereocenters. The van der Waals surface area contributed by atoms with E-state index in [2.05, 4.69) is 10.6 Å². The molecule has 0 aromatic heterocycles. The molecule has 3 aromatic rings. The van der Waals surface area contributed by atoms with E-state index in [9.17, 15) is 18.8 Å². The first-order valence-corrected chi connectivity index (χ1v) is 9.68. The molecule has 0 aliphatic rings. The maximum Gasteiger partial charge on any atom is 0.303 e. The molecular formula is C23H18ClFN2O4. The summed E-state index contributed by atoms with van der Waals surface area (Å²) in [5, 5.41) is 14.5. The highest BCUT2D eigenvalue weighted by atomic mass is 35.5. The predicted molar refractivity (Wildman–Crippen MR) is 116 cm³/mol. The minimum Gasteiger partial charge on any atom is -0.481 e. The van der Waals surface area contributed by atoms with Crippen LogP contribution in [0.4, 0.5) is 15.8 Å². The van der Waals surface area contributed by atoms with Crippen LogP contribution in [-0.2, 0) is 11.2 Å². The molecule has 0 aliphatic heterocycles. The third kappa shape index (κ3) is 6.13. The largest absolute Gasteiger partial charge is 0.481 e. The predicted octanol–water partition coefficient (Wildman–Crippen LogP) is 5.00. The maximum atomic E-state index is 13.1. The lowest BCUT2D eigenvalue weighted by Gasteiger charge is -2.13. The molecule has 0 saturated heterocycles. The molecule has 8 heteroatoms. The summed E-state index contributed by atoms with van der Waals surface area (Å²) in [7, 11) is 0. The molecule has 0 radical (unpaired) electrons. The van der Waals surface area contributed by atoms with Gasteiger partial charge in [-0.1, -0.05) is 23.7 Å². The number of amides is 2. The molecule has 3 rings (SSSR count). The van der Waals surface area contributed by atoms with Gasteiger partial charge in [-0.2, -0.15) is 0 Å². The standard InChI is InChI=1S/C23H18ClFN2O4/c24-16-7-10-20(27-22(30)15-5-8-17(25)9-6-15)19(13-16)23(31)26-18-3-1-2-14(12-18)4-11-21(28)29/h1-3,5-10,12-13H,4,11H2,(H,26,31)(H,27,30)(H,28,29). The molecular weight excluding hydrogens is 423 g/mol. The molecule has 6 nitrogen and oxygen atoms in total. The van der Waals surface area contributed by atoms with Gasteiger partial charge in [0.15, 0.2) is 0 Å². The van der Waals surface area contributed by atoms with Gasteiger partial charge < -0.3 is 15.7 Å². The summed E-state index contributed by atoms with van der Waals surface area (Å²) >= 11 is 6.04. The van der Waals surface area contributed by atoms with Crippen molar-refractivity contribution in [3.05, 3.63) is 94.3 Å². The molecule has 31 heavy (non-hydrogen) atoms. The van der Waals surface area contributed by atoms with Gasteiger partial charge in [0.1, 0.15) is 5.82 Å². The summed E-state index contributed by atoms with van der Waals surface area (Å²) in [5.74, 6) is -2.39. The first kappa shape index (κ1) is 22.0. The van der Waals surface area contributed by atoms with Crippen LogP contribution in [-0.4, -0.2) is 22.9 Å². The van der Waals surface area contributed by atoms with Crippen molar-refractivity contribution in [1.29, 1.82) is 0 Å². The normalized spacial score (nSPS) is 10.4. The summed E-state index contributed by atoms with van der Waals surface area (Å²) < 4.78 is 13.1. The fourth-order valence-electron chi connectivity index (χ4n) is 2.86. The Balaban J connectivity index is 1.79. The van der Waals surface area contributed by atoms with E-state index in [1.54, 1.807) is 24.3 Å². The highest BCUT2D eigenvalue weighted by Crippen LogP contribution is 2.23. The smallest absolute Gasteiger partial charge is 0.303 e. The van der Waals surface area contributed by atoms with Crippen LogP contribution < -0.4 is 10.6 Å². The summed E-state index contributed by atoms with van der Waals surface area (Å²) in [6.07, 6.45) is 0.306. The van der Waals surface area contributed by atoms with Crippen LogP contribution in [0.1, 0.15) is 32.7 Å². The number of carbonyl (C=O) groups excluding carboxylic acids is 2. The lowest BCUT2D eigenvalue weighted by molar-refractivity contribution is -0.136. The number of carbonyl (C=O) groups is 3. The number of aliphatic carboxylic acids is 1. The number of aryl methyl sites for hydroxylation is 1. The SMILES string of the molecule is O=C(O)CCc1cccc(NC(=O)c2cc(Cl)ccc2NC(=O)c2ccc(F)cc2)c1. The number of rotatable bonds is 7. The van der Waals surface area contributed by atoms with Gasteiger partial charge >= 0.3 is 5.97 Å². The molecule has 0 unspecified atom stereocenters. The zero-order valence-corrected chi connectivity index (χ0v) is 16.9. The fraction of sp³-hybridized carbons (Fsp3) is 0.0870. The minimum atomic E-state index is -0.907. The number of hydrogen-bond donors (Lipinski definition) is 3. The number of hydrogen-bond acceptors (Lipinski definition) is 3. The van der Waals surface area contributed by atoms with Crippen molar-refractivity contribution in [2.75, 3.05) is 10.6 Å². The van der Waals surface area contributed by atoms with E-state index < -0.39 is 23.6 Å². The lowest BCUT2D eigenvalue weighted by Crippen LogP contribution is -2.18. The molecule has 0 heterocycles. The molecule has 158 valence electrons. The Hall–Kier alpha value is -3.71. The Kier molecular flexibility index (Phi) is 6.99. The number of carboxylic acids is 1. The van der Waals surface area contributed by atoms with Crippen LogP contribution in [0.25, 0.3) is 0 Å². The van der Waals surface area contributed by atoms with Crippen molar-refractivity contribution in [3.8, 4) is 0 Å². The van der Waals surface area contributed by atoms with Crippen LogP contribution in [0, 0.1) is 5.82 Å². The Morgan fingerprint density at radius 2 is 1.65 bits per heavy atom. The first-order valence-electron chi connectivity index (χ1n) is 9.30. The van der Waals surface area contributed by atoms with Crippen LogP contribution in [0.3, 0.4) is 0 Å². The van der Waals surface area contributed by atoms with Crippen LogP contribution in [0.15, 0.2) is 66.7 Å². The Bertz CT molecular complexity index is 1130. The van der Waals surface area contributed by atoms with Gasteiger partial charge in [-0.3, -0.25) is 14.4 Å². The van der Waals surface area contributed by atoms with E-state index in [4.69, 9.17) is 16.7 Å². The summed E-state index contributed by atoms with van der Waals surface area (Å²) in [6.45, 7) is 0. The molecule has 0 saturated carbocycles. The van der Waals surface area contributed by atoms with Gasteiger partial charge in [-0.25, -0.2) is 4.39 Å². The van der Waals surface area contributed by atoms with Crippen LogP contribution >= 0.6 is 11.6 Å². The zero-order chi connectivity index (χ0) is 22.4.